The molecule has 0 saturated carbocycles. The van der Waals surface area contributed by atoms with E-state index in [9.17, 15) is 14.3 Å². The van der Waals surface area contributed by atoms with Crippen LogP contribution in [0.5, 0.6) is 5.75 Å². The van der Waals surface area contributed by atoms with Crippen LogP contribution < -0.4 is 5.63 Å². The monoisotopic (exact) mass is 381 g/mol. The zero-order chi connectivity index (χ0) is 19.0. The van der Waals surface area contributed by atoms with Gasteiger partial charge in [0, 0.05) is 22.6 Å². The fourth-order valence-electron chi connectivity index (χ4n) is 3.12. The maximum atomic E-state index is 13.8. The molecule has 27 heavy (non-hydrogen) atoms. The molecule has 1 aliphatic heterocycles. The van der Waals surface area contributed by atoms with Crippen molar-refractivity contribution in [2.45, 2.75) is 23.5 Å². The van der Waals surface area contributed by atoms with E-state index in [1.54, 1.807) is 24.8 Å². The Labute approximate surface area is 159 Å². The molecule has 6 heteroatoms. The van der Waals surface area contributed by atoms with Gasteiger partial charge in [0.2, 0.25) is 0 Å². The lowest BCUT2D eigenvalue weighted by molar-refractivity contribution is 0.432. The third kappa shape index (κ3) is 3.53. The largest absolute Gasteiger partial charge is 0.507 e. The normalized spacial score (nSPS) is 16.4. The molecule has 4 nitrogen and oxygen atoms in total. The summed E-state index contributed by atoms with van der Waals surface area (Å²) < 4.78 is 18.9. The van der Waals surface area contributed by atoms with E-state index in [0.29, 0.717) is 23.6 Å². The summed E-state index contributed by atoms with van der Waals surface area (Å²) in [5.74, 6) is -0.154. The van der Waals surface area contributed by atoms with E-state index in [4.69, 9.17) is 4.42 Å². The van der Waals surface area contributed by atoms with Gasteiger partial charge in [-0.15, -0.1) is 11.8 Å². The second-order valence-corrected chi connectivity index (χ2v) is 7.54. The third-order valence-corrected chi connectivity index (χ3v) is 5.65. The van der Waals surface area contributed by atoms with Crippen LogP contribution in [0.15, 0.2) is 73.7 Å². The number of hydrogen-bond acceptors (Lipinski definition) is 5. The van der Waals surface area contributed by atoms with Crippen molar-refractivity contribution in [3.05, 3.63) is 87.7 Å². The van der Waals surface area contributed by atoms with E-state index < -0.39 is 5.63 Å². The number of halogens is 1. The standard InChI is InChI=1S/C21H16FNO3S/c1-12-9-17(24)20(21(25)26-12)16-11-19(13-5-4-6-14(22)10-13)27-18-8-3-2-7-15(18)23-16/h2-10,19,24H,11H2,1H3. The van der Waals surface area contributed by atoms with Gasteiger partial charge in [0.25, 0.3) is 0 Å². The molecule has 136 valence electrons. The molecule has 0 fully saturated rings. The summed E-state index contributed by atoms with van der Waals surface area (Å²) in [6.07, 6.45) is 0.351. The second-order valence-electron chi connectivity index (χ2n) is 6.30. The van der Waals surface area contributed by atoms with Crippen LogP contribution in [0.4, 0.5) is 10.1 Å². The number of nitrogens with zero attached hydrogens (tertiary/aromatic N) is 1. The Hall–Kier alpha value is -2.86. The fraction of sp³-hybridized carbons (Fsp3) is 0.143. The van der Waals surface area contributed by atoms with Crippen molar-refractivity contribution in [3.63, 3.8) is 0 Å². The maximum absolute atomic E-state index is 13.8. The maximum Gasteiger partial charge on any atom is 0.348 e. The van der Waals surface area contributed by atoms with Gasteiger partial charge in [-0.3, -0.25) is 4.99 Å². The van der Waals surface area contributed by atoms with Crippen LogP contribution in [0.3, 0.4) is 0 Å². The summed E-state index contributed by atoms with van der Waals surface area (Å²) in [5, 5.41) is 10.2. The van der Waals surface area contributed by atoms with Crippen molar-refractivity contribution in [2.75, 3.05) is 0 Å². The first-order chi connectivity index (χ1) is 13.0. The van der Waals surface area contributed by atoms with Gasteiger partial charge in [0.1, 0.15) is 22.9 Å². The number of rotatable bonds is 2. The predicted molar refractivity (Wildman–Crippen MR) is 104 cm³/mol. The number of fused-ring (bicyclic) bond motifs is 1. The quantitative estimate of drug-likeness (QED) is 0.667. The van der Waals surface area contributed by atoms with Crippen LogP contribution in [-0.2, 0) is 0 Å². The molecule has 2 heterocycles. The van der Waals surface area contributed by atoms with Crippen LogP contribution in [0.25, 0.3) is 0 Å². The third-order valence-electron chi connectivity index (χ3n) is 4.33. The van der Waals surface area contributed by atoms with Gasteiger partial charge in [-0.2, -0.15) is 0 Å². The Morgan fingerprint density at radius 2 is 2.00 bits per heavy atom. The molecule has 1 unspecified atom stereocenters. The van der Waals surface area contributed by atoms with Crippen molar-refractivity contribution >= 4 is 23.2 Å². The average Bonchev–Trinajstić information content (AvgIpc) is 2.80. The smallest absolute Gasteiger partial charge is 0.348 e. The summed E-state index contributed by atoms with van der Waals surface area (Å²) in [5.41, 5.74) is 1.34. The summed E-state index contributed by atoms with van der Waals surface area (Å²) in [7, 11) is 0. The number of benzene rings is 2. The lowest BCUT2D eigenvalue weighted by atomic mass is 10.0. The van der Waals surface area contributed by atoms with Crippen LogP contribution in [0.2, 0.25) is 0 Å². The minimum Gasteiger partial charge on any atom is -0.507 e. The summed E-state index contributed by atoms with van der Waals surface area (Å²) in [4.78, 5) is 18.0. The Bertz CT molecular complexity index is 1110. The van der Waals surface area contributed by atoms with Gasteiger partial charge in [0.15, 0.2) is 0 Å². The Morgan fingerprint density at radius 3 is 2.78 bits per heavy atom. The van der Waals surface area contributed by atoms with Gasteiger partial charge in [-0.25, -0.2) is 9.18 Å². The van der Waals surface area contributed by atoms with Gasteiger partial charge in [0.05, 0.1) is 11.4 Å². The predicted octanol–water partition coefficient (Wildman–Crippen LogP) is 5.15. The minimum absolute atomic E-state index is 0.0549. The van der Waals surface area contributed by atoms with Crippen molar-refractivity contribution < 1.29 is 13.9 Å². The van der Waals surface area contributed by atoms with E-state index in [0.717, 1.165) is 10.5 Å². The van der Waals surface area contributed by atoms with E-state index in [1.807, 2.05) is 30.3 Å². The van der Waals surface area contributed by atoms with Crippen molar-refractivity contribution in [3.8, 4) is 5.75 Å². The van der Waals surface area contributed by atoms with E-state index in [-0.39, 0.29) is 22.4 Å². The molecule has 0 spiro atoms. The second kappa shape index (κ2) is 7.04. The molecule has 2 aromatic carbocycles. The molecule has 3 aromatic rings. The molecule has 0 aliphatic carbocycles. The number of para-hydroxylation sites is 1. The fourth-order valence-corrected chi connectivity index (χ4v) is 4.35. The molecule has 1 aromatic heterocycles. The summed E-state index contributed by atoms with van der Waals surface area (Å²) in [6.45, 7) is 1.60. The lowest BCUT2D eigenvalue weighted by Gasteiger charge is -2.16. The first kappa shape index (κ1) is 17.5. The van der Waals surface area contributed by atoms with Crippen molar-refractivity contribution in [1.82, 2.24) is 0 Å². The molecule has 0 amide bonds. The number of thioether (sulfide) groups is 1. The van der Waals surface area contributed by atoms with Crippen molar-refractivity contribution in [1.29, 1.82) is 0 Å². The van der Waals surface area contributed by atoms with Crippen LogP contribution in [0.1, 0.15) is 28.6 Å². The van der Waals surface area contributed by atoms with E-state index >= 15 is 0 Å². The van der Waals surface area contributed by atoms with E-state index in [1.165, 1.54) is 18.2 Å². The lowest BCUT2D eigenvalue weighted by Crippen LogP contribution is -2.17. The molecule has 1 N–H and O–H groups in total. The number of aryl methyl sites for hydroxylation is 1. The molecular formula is C21H16FNO3S. The van der Waals surface area contributed by atoms with Gasteiger partial charge in [-0.1, -0.05) is 24.3 Å². The number of aromatic hydroxyl groups is 1. The molecular weight excluding hydrogens is 365 g/mol. The number of aliphatic imine (C=N–C) groups is 1. The van der Waals surface area contributed by atoms with Gasteiger partial charge >= 0.3 is 5.63 Å². The molecule has 4 rings (SSSR count). The molecule has 0 bridgehead atoms. The molecule has 0 saturated heterocycles. The number of hydrogen-bond donors (Lipinski definition) is 1. The molecule has 1 aliphatic rings. The van der Waals surface area contributed by atoms with E-state index in [2.05, 4.69) is 4.99 Å². The first-order valence-electron chi connectivity index (χ1n) is 8.44. The Kier molecular flexibility index (Phi) is 4.58. The van der Waals surface area contributed by atoms with Crippen molar-refractivity contribution in [2.24, 2.45) is 4.99 Å². The minimum atomic E-state index is -0.631. The van der Waals surface area contributed by atoms with Gasteiger partial charge < -0.3 is 9.52 Å². The summed E-state index contributed by atoms with van der Waals surface area (Å²) >= 11 is 1.56. The molecule has 1 atom stereocenters. The highest BCUT2D eigenvalue weighted by molar-refractivity contribution is 7.99. The van der Waals surface area contributed by atoms with Crippen LogP contribution in [0, 0.1) is 12.7 Å². The highest BCUT2D eigenvalue weighted by atomic mass is 32.2. The Balaban J connectivity index is 1.88. The van der Waals surface area contributed by atoms with Gasteiger partial charge in [-0.05, 0) is 36.8 Å². The highest BCUT2D eigenvalue weighted by Crippen LogP contribution is 2.45. The van der Waals surface area contributed by atoms with Crippen LogP contribution in [-0.4, -0.2) is 10.8 Å². The summed E-state index contributed by atoms with van der Waals surface area (Å²) in [6, 6.07) is 15.4. The molecule has 0 radical (unpaired) electrons. The average molecular weight is 381 g/mol. The zero-order valence-corrected chi connectivity index (χ0v) is 15.3. The van der Waals surface area contributed by atoms with Crippen LogP contribution >= 0.6 is 11.8 Å². The Morgan fingerprint density at radius 1 is 1.19 bits per heavy atom. The highest BCUT2D eigenvalue weighted by Gasteiger charge is 2.26. The SMILES string of the molecule is Cc1cc(O)c(C2=Nc3ccccc3SC(c3cccc(F)c3)C2)c(=O)o1. The zero-order valence-electron chi connectivity index (χ0n) is 14.5. The first-order valence-corrected chi connectivity index (χ1v) is 9.32. The topological polar surface area (TPSA) is 62.8 Å².